The number of Topliss-reactive ketones (excluding diaryl/α,β-unsaturated/α-hetero) is 1. The molecule has 2 aliphatic heterocycles. The number of aliphatic hydroxyl groups excluding tert-OH is 2. The van der Waals surface area contributed by atoms with Gasteiger partial charge in [-0.25, -0.2) is 0 Å². The lowest BCUT2D eigenvalue weighted by molar-refractivity contribution is -0.187. The lowest BCUT2D eigenvalue weighted by Crippen LogP contribution is -2.48. The van der Waals surface area contributed by atoms with Gasteiger partial charge in [0.2, 0.25) is 5.78 Å². The van der Waals surface area contributed by atoms with Gasteiger partial charge >= 0.3 is 5.79 Å². The molecule has 0 saturated carbocycles. The number of aromatic hydroxyl groups is 8. The summed E-state index contributed by atoms with van der Waals surface area (Å²) in [5.74, 6) is -10.6. The Bertz CT molecular complexity index is 1840. The van der Waals surface area contributed by atoms with Gasteiger partial charge in [-0.1, -0.05) is 12.1 Å². The molecule has 4 aromatic rings. The quantitative estimate of drug-likeness (QED) is 0.150. The highest BCUT2D eigenvalue weighted by Gasteiger charge is 2.49. The molecular formula is C30H24O14. The number of para-hydroxylation sites is 1. The van der Waals surface area contributed by atoms with Gasteiger partial charge in [-0.3, -0.25) is 4.79 Å². The highest BCUT2D eigenvalue weighted by atomic mass is 16.7. The first kappa shape index (κ1) is 28.4. The van der Waals surface area contributed by atoms with Crippen molar-refractivity contribution in [3.05, 3.63) is 65.2 Å². The molecule has 0 aromatic heterocycles. The third-order valence-electron chi connectivity index (χ3n) is 7.50. The molecule has 2 aliphatic rings. The summed E-state index contributed by atoms with van der Waals surface area (Å²) in [5, 5.41) is 105. The number of fused-ring (bicyclic) bond motifs is 4. The van der Waals surface area contributed by atoms with E-state index in [-0.39, 0.29) is 22.4 Å². The summed E-state index contributed by atoms with van der Waals surface area (Å²) < 4.78 is 18.0. The van der Waals surface area contributed by atoms with E-state index in [0.29, 0.717) is 0 Å². The van der Waals surface area contributed by atoms with Crippen molar-refractivity contribution in [2.75, 3.05) is 0 Å². The largest absolute Gasteiger partial charge is 0.508 e. The molecule has 0 aliphatic carbocycles. The lowest BCUT2D eigenvalue weighted by atomic mass is 9.89. The van der Waals surface area contributed by atoms with Gasteiger partial charge in [-0.2, -0.15) is 0 Å². The molecule has 14 heteroatoms. The van der Waals surface area contributed by atoms with E-state index in [1.165, 1.54) is 25.1 Å². The van der Waals surface area contributed by atoms with Crippen LogP contribution in [0, 0.1) is 0 Å². The average Bonchev–Trinajstić information content (AvgIpc) is 3.10. The Morgan fingerprint density at radius 2 is 1.34 bits per heavy atom. The molecule has 0 spiro atoms. The zero-order chi connectivity index (χ0) is 31.8. The Morgan fingerprint density at radius 3 is 1.98 bits per heavy atom. The van der Waals surface area contributed by atoms with Gasteiger partial charge in [0.15, 0.2) is 41.0 Å². The van der Waals surface area contributed by atoms with Crippen LogP contribution in [0.5, 0.6) is 63.2 Å². The highest BCUT2D eigenvalue weighted by molar-refractivity contribution is 6.08. The first-order valence-electron chi connectivity index (χ1n) is 12.9. The number of carbonyl (C=O) groups is 1. The summed E-state index contributed by atoms with van der Waals surface area (Å²) in [6.07, 6.45) is -5.27. The van der Waals surface area contributed by atoms with Crippen molar-refractivity contribution in [2.24, 2.45) is 0 Å². The number of phenolic OH excluding ortho intramolecular Hbond substituents is 8. The van der Waals surface area contributed by atoms with E-state index < -0.39 is 98.5 Å². The molecular weight excluding hydrogens is 584 g/mol. The van der Waals surface area contributed by atoms with Crippen molar-refractivity contribution < 1.29 is 70.1 Å². The molecule has 14 nitrogen and oxygen atoms in total. The molecule has 44 heavy (non-hydrogen) atoms. The van der Waals surface area contributed by atoms with Crippen molar-refractivity contribution in [3.8, 4) is 74.4 Å². The van der Waals surface area contributed by atoms with Gasteiger partial charge in [-0.05, 0) is 25.1 Å². The predicted molar refractivity (Wildman–Crippen MR) is 146 cm³/mol. The maximum absolute atomic E-state index is 13.5. The minimum absolute atomic E-state index is 0.165. The number of rotatable bonds is 3. The summed E-state index contributed by atoms with van der Waals surface area (Å²) in [7, 11) is 0. The third-order valence-corrected chi connectivity index (χ3v) is 7.50. The van der Waals surface area contributed by atoms with Crippen LogP contribution in [-0.2, 0) is 5.79 Å². The fourth-order valence-electron chi connectivity index (χ4n) is 5.37. The van der Waals surface area contributed by atoms with Crippen molar-refractivity contribution in [2.45, 2.75) is 31.0 Å². The topological polar surface area (TPSA) is 247 Å². The van der Waals surface area contributed by atoms with Gasteiger partial charge in [0, 0.05) is 29.3 Å². The molecule has 0 radical (unpaired) electrons. The van der Waals surface area contributed by atoms with Crippen LogP contribution < -0.4 is 14.2 Å². The zero-order valence-corrected chi connectivity index (χ0v) is 22.5. The molecule has 4 unspecified atom stereocenters. The normalized spacial score (nSPS) is 21.0. The Balaban J connectivity index is 1.64. The maximum atomic E-state index is 13.5. The Kier molecular flexibility index (Phi) is 6.23. The van der Waals surface area contributed by atoms with Gasteiger partial charge in [0.1, 0.15) is 46.2 Å². The maximum Gasteiger partial charge on any atom is 0.304 e. The van der Waals surface area contributed by atoms with E-state index in [1.54, 1.807) is 0 Å². The number of ether oxygens (including phenoxy) is 3. The number of hydrogen-bond acceptors (Lipinski definition) is 14. The molecule has 0 saturated heterocycles. The summed E-state index contributed by atoms with van der Waals surface area (Å²) in [6.45, 7) is 1.20. The number of ketones is 1. The summed E-state index contributed by atoms with van der Waals surface area (Å²) in [4.78, 5) is 13.5. The molecule has 0 fully saturated rings. The fourth-order valence-corrected chi connectivity index (χ4v) is 5.37. The van der Waals surface area contributed by atoms with Gasteiger partial charge in [0.25, 0.3) is 0 Å². The first-order chi connectivity index (χ1) is 20.7. The molecule has 6 rings (SSSR count). The van der Waals surface area contributed by atoms with Crippen LogP contribution in [-0.4, -0.2) is 69.1 Å². The second kappa shape index (κ2) is 9.65. The Morgan fingerprint density at radius 1 is 0.705 bits per heavy atom. The molecule has 10 N–H and O–H groups in total. The minimum atomic E-state index is -2.44. The van der Waals surface area contributed by atoms with E-state index in [9.17, 15) is 55.9 Å². The molecule has 228 valence electrons. The van der Waals surface area contributed by atoms with Crippen LogP contribution in [0.2, 0.25) is 0 Å². The number of phenols is 8. The lowest BCUT2D eigenvalue weighted by Gasteiger charge is -2.37. The van der Waals surface area contributed by atoms with Crippen molar-refractivity contribution in [1.82, 2.24) is 0 Å². The number of benzene rings is 4. The molecule has 0 bridgehead atoms. The van der Waals surface area contributed by atoms with E-state index in [1.807, 2.05) is 0 Å². The van der Waals surface area contributed by atoms with Crippen molar-refractivity contribution in [3.63, 3.8) is 0 Å². The SMILES string of the molecule is CC(O)C1(c2cc(O)c(O)c(O)c2)Oc2cc(O)cc(O)c2-c2c(cc3c(c2O)C(=O)C(O)C(c2cccc(O)c2O)O3)O1. The molecule has 2 heterocycles. The number of carbonyl (C=O) groups excluding carboxylic acids is 1. The third kappa shape index (κ3) is 4.00. The van der Waals surface area contributed by atoms with E-state index in [4.69, 9.17) is 14.2 Å². The second-order valence-electron chi connectivity index (χ2n) is 10.3. The monoisotopic (exact) mass is 608 g/mol. The smallest absolute Gasteiger partial charge is 0.304 e. The van der Waals surface area contributed by atoms with Crippen LogP contribution in [0.25, 0.3) is 11.1 Å². The molecule has 4 aromatic carbocycles. The van der Waals surface area contributed by atoms with E-state index in [2.05, 4.69) is 0 Å². The van der Waals surface area contributed by atoms with E-state index in [0.717, 1.165) is 30.3 Å². The Labute approximate surface area is 246 Å². The van der Waals surface area contributed by atoms with Gasteiger partial charge in [0.05, 0.1) is 11.1 Å². The summed E-state index contributed by atoms with van der Waals surface area (Å²) >= 11 is 0. The first-order valence-corrected chi connectivity index (χ1v) is 12.9. The van der Waals surface area contributed by atoms with E-state index >= 15 is 0 Å². The summed E-state index contributed by atoms with van der Waals surface area (Å²) in [6, 6.07) is 8.57. The van der Waals surface area contributed by atoms with Crippen LogP contribution in [0.3, 0.4) is 0 Å². The summed E-state index contributed by atoms with van der Waals surface area (Å²) in [5.41, 5.74) is -1.73. The molecule has 4 atom stereocenters. The van der Waals surface area contributed by atoms with Crippen LogP contribution in [0.4, 0.5) is 0 Å². The number of hydrogen-bond donors (Lipinski definition) is 10. The zero-order valence-electron chi connectivity index (χ0n) is 22.5. The van der Waals surface area contributed by atoms with Crippen molar-refractivity contribution in [1.29, 1.82) is 0 Å². The van der Waals surface area contributed by atoms with Crippen molar-refractivity contribution >= 4 is 5.78 Å². The predicted octanol–water partition coefficient (Wildman–Crippen LogP) is 2.68. The standard InChI is InChI=1S/C30H24O14/c1-10(31)30(11-5-16(35)25(38)17(36)6-11)43-19-8-12(32)7-15(34)21(19)22-20(44-30)9-18-23(26(22)39)27(40)28(41)29(42-18)13-3-2-4-14(33)24(13)37/h2-10,28-29,31-39,41H,1H3. The van der Waals surface area contributed by atoms with Gasteiger partial charge < -0.3 is 65.3 Å². The number of aliphatic hydroxyl groups is 2. The average molecular weight is 609 g/mol. The minimum Gasteiger partial charge on any atom is -0.508 e. The highest BCUT2D eigenvalue weighted by Crippen LogP contribution is 2.58. The van der Waals surface area contributed by atoms with Gasteiger partial charge in [-0.15, -0.1) is 0 Å². The van der Waals surface area contributed by atoms with Crippen LogP contribution in [0.1, 0.15) is 34.5 Å². The molecule has 0 amide bonds. The fraction of sp³-hybridized carbons (Fsp3) is 0.167. The van der Waals surface area contributed by atoms with Crippen LogP contribution >= 0.6 is 0 Å². The Hall–Kier alpha value is -5.73. The second-order valence-corrected chi connectivity index (χ2v) is 10.3. The van der Waals surface area contributed by atoms with Crippen LogP contribution in [0.15, 0.2) is 48.5 Å².